The predicted octanol–water partition coefficient (Wildman–Crippen LogP) is -1.58. The Bertz CT molecular complexity index is 1820. The van der Waals surface area contributed by atoms with Crippen molar-refractivity contribution in [2.75, 3.05) is 12.3 Å². The molecule has 3 aromatic rings. The van der Waals surface area contributed by atoms with E-state index in [4.69, 9.17) is 24.3 Å². The van der Waals surface area contributed by atoms with E-state index in [1.165, 1.54) is 47.7 Å². The van der Waals surface area contributed by atoms with Crippen molar-refractivity contribution >= 4 is 38.1 Å². The molecule has 3 aliphatic heterocycles. The highest BCUT2D eigenvalue weighted by atomic mass is 31.3. The number of nitrogens with two attached hydrogens (primary N) is 1. The second-order valence-corrected chi connectivity index (χ2v) is 14.0. The number of rotatable bonds is 10. The number of phenolic OH excluding ortho intramolecular Hbond substituents is 1. The fourth-order valence-corrected chi connectivity index (χ4v) is 7.50. The van der Waals surface area contributed by atoms with Gasteiger partial charge in [0.05, 0.1) is 24.1 Å². The average molecular weight is 736 g/mol. The van der Waals surface area contributed by atoms with Crippen LogP contribution in [0.1, 0.15) is 11.8 Å². The van der Waals surface area contributed by atoms with Gasteiger partial charge >= 0.3 is 15.6 Å². The number of halogens is 1. The number of fused-ring (bicyclic) bond motifs is 1. The lowest BCUT2D eigenvalue weighted by molar-refractivity contribution is -0.278. The summed E-state index contributed by atoms with van der Waals surface area (Å²) in [5.74, 6) is -0.761. The molecule has 2 unspecified atom stereocenters. The maximum atomic E-state index is 13.3. The lowest BCUT2D eigenvalue weighted by atomic mass is 9.99. The molecule has 268 valence electrons. The molecule has 4 heterocycles. The maximum Gasteiger partial charge on any atom is 0.483 e. The van der Waals surface area contributed by atoms with Crippen LogP contribution in [0.2, 0.25) is 0 Å². The van der Waals surface area contributed by atoms with E-state index in [0.29, 0.717) is 11.3 Å². The molecule has 24 heteroatoms. The fraction of sp³-hybridized carbons (Fsp3) is 0.400. The number of nitrogen functional groups attached to an aromatic ring is 1. The summed E-state index contributed by atoms with van der Waals surface area (Å²) in [5, 5.41) is 63.6. The molecule has 2 saturated heterocycles. The number of hydrogen-bond acceptors (Lipinski definition) is 18. The molecule has 0 radical (unpaired) electrons. The molecule has 1 aromatic heterocycles. The molecule has 21 nitrogen and oxygen atoms in total. The van der Waals surface area contributed by atoms with Crippen LogP contribution in [-0.4, -0.2) is 111 Å². The van der Waals surface area contributed by atoms with E-state index in [1.54, 1.807) is 0 Å². The van der Waals surface area contributed by atoms with E-state index in [2.05, 4.69) is 20.1 Å². The molecule has 0 saturated carbocycles. The minimum absolute atomic E-state index is 0.0461. The lowest BCUT2D eigenvalue weighted by Gasteiger charge is -2.41. The van der Waals surface area contributed by atoms with E-state index in [1.807, 2.05) is 0 Å². The SMILES string of the molecule is Nc1cc(O)c2ncn([C@@H]3O[C@H](OP(=O)(O)OP(=O)(O)O[C@H]4O[C@@H](CN5NC=C(c6ccc(F)cc6)N5)[C@@H](O)[C@@H](O)[C@@H]4O)[C@@H](O)[C@H]3O)c2c1. The van der Waals surface area contributed by atoms with Gasteiger partial charge in [-0.25, -0.2) is 18.5 Å². The minimum atomic E-state index is -5.74. The van der Waals surface area contributed by atoms with Crippen LogP contribution in [0.25, 0.3) is 16.7 Å². The van der Waals surface area contributed by atoms with Gasteiger partial charge in [0.15, 0.2) is 18.8 Å². The van der Waals surface area contributed by atoms with E-state index in [0.717, 1.165) is 10.9 Å². The molecule has 3 aliphatic rings. The van der Waals surface area contributed by atoms with Gasteiger partial charge in [0.1, 0.15) is 53.7 Å². The number of benzene rings is 2. The quantitative estimate of drug-likeness (QED) is 0.0826. The number of phosphoric acid groups is 2. The first-order valence-corrected chi connectivity index (χ1v) is 17.2. The summed E-state index contributed by atoms with van der Waals surface area (Å²) in [4.78, 5) is 24.5. The fourth-order valence-electron chi connectivity index (χ4n) is 5.28. The first-order valence-electron chi connectivity index (χ1n) is 14.2. The van der Waals surface area contributed by atoms with E-state index < -0.39 is 76.9 Å². The third-order valence-corrected chi connectivity index (χ3v) is 10.2. The molecular formula is C25H31FN6O15P2. The lowest BCUT2D eigenvalue weighted by Crippen LogP contribution is -2.61. The first kappa shape index (κ1) is 35.5. The van der Waals surface area contributed by atoms with Gasteiger partial charge < -0.3 is 65.6 Å². The van der Waals surface area contributed by atoms with Gasteiger partial charge in [-0.15, -0.1) is 5.12 Å². The van der Waals surface area contributed by atoms with Gasteiger partial charge in [-0.2, -0.15) is 4.31 Å². The molecule has 12 N–H and O–H groups in total. The van der Waals surface area contributed by atoms with Gasteiger partial charge in [0, 0.05) is 23.5 Å². The van der Waals surface area contributed by atoms with Crippen LogP contribution in [0.15, 0.2) is 48.9 Å². The number of nitrogens with one attached hydrogen (secondary N) is 2. The Morgan fingerprint density at radius 3 is 2.22 bits per heavy atom. The Labute approximate surface area is 274 Å². The number of anilines is 1. The van der Waals surface area contributed by atoms with E-state index in [9.17, 15) is 53.9 Å². The van der Waals surface area contributed by atoms with Crippen molar-refractivity contribution in [1.29, 1.82) is 0 Å². The smallest absolute Gasteiger partial charge is 0.483 e. The van der Waals surface area contributed by atoms with Crippen LogP contribution in [-0.2, 0) is 32.0 Å². The number of phenols is 1. The number of hydrazine groups is 2. The monoisotopic (exact) mass is 736 g/mol. The second kappa shape index (κ2) is 13.5. The number of ether oxygens (including phenoxy) is 2. The highest BCUT2D eigenvalue weighted by molar-refractivity contribution is 7.61. The van der Waals surface area contributed by atoms with Gasteiger partial charge in [0.2, 0.25) is 0 Å². The zero-order chi connectivity index (χ0) is 35.4. The van der Waals surface area contributed by atoms with E-state index >= 15 is 0 Å². The van der Waals surface area contributed by atoms with Crippen LogP contribution < -0.4 is 16.6 Å². The van der Waals surface area contributed by atoms with Crippen LogP contribution in [0.3, 0.4) is 0 Å². The van der Waals surface area contributed by atoms with Crippen molar-refractivity contribution in [2.45, 2.75) is 55.4 Å². The topological polar surface area (TPSA) is 313 Å². The van der Waals surface area contributed by atoms with Gasteiger partial charge in [0.25, 0.3) is 0 Å². The Morgan fingerprint density at radius 2 is 1.55 bits per heavy atom. The van der Waals surface area contributed by atoms with Gasteiger partial charge in [-0.05, 0) is 30.3 Å². The van der Waals surface area contributed by atoms with Crippen LogP contribution in [0.4, 0.5) is 10.1 Å². The summed E-state index contributed by atoms with van der Waals surface area (Å²) in [5.41, 5.74) is 12.8. The molecular weight excluding hydrogens is 705 g/mol. The number of nitrogens with zero attached hydrogens (tertiary/aromatic N) is 3. The Balaban J connectivity index is 1.08. The van der Waals surface area contributed by atoms with Crippen molar-refractivity contribution in [3.63, 3.8) is 0 Å². The first-order chi connectivity index (χ1) is 23.0. The number of hydrogen-bond donors (Lipinski definition) is 11. The summed E-state index contributed by atoms with van der Waals surface area (Å²) < 4.78 is 64.4. The van der Waals surface area contributed by atoms with Crippen molar-refractivity contribution in [3.05, 3.63) is 60.3 Å². The molecule has 6 rings (SSSR count). The number of aliphatic hydroxyl groups excluding tert-OH is 5. The third-order valence-electron chi connectivity index (χ3n) is 7.64. The summed E-state index contributed by atoms with van der Waals surface area (Å²) in [6.07, 6.45) is -14.5. The van der Waals surface area contributed by atoms with Gasteiger partial charge in [-0.3, -0.25) is 14.5 Å². The summed E-state index contributed by atoms with van der Waals surface area (Å²) in [6.45, 7) is -0.303. The number of aromatic nitrogens is 2. The maximum absolute atomic E-state index is 13.3. The van der Waals surface area contributed by atoms with Gasteiger partial charge in [-0.1, -0.05) is 0 Å². The molecule has 0 aliphatic carbocycles. The third kappa shape index (κ3) is 7.44. The Kier molecular flexibility index (Phi) is 9.76. The largest absolute Gasteiger partial charge is 0.506 e. The molecule has 0 spiro atoms. The van der Waals surface area contributed by atoms with Crippen LogP contribution >= 0.6 is 15.6 Å². The van der Waals surface area contributed by atoms with E-state index in [-0.39, 0.29) is 29.0 Å². The van der Waals surface area contributed by atoms with Crippen LogP contribution in [0, 0.1) is 5.82 Å². The zero-order valence-electron chi connectivity index (χ0n) is 24.6. The number of aliphatic hydroxyl groups is 5. The van der Waals surface area contributed by atoms with Crippen molar-refractivity contribution in [1.82, 2.24) is 25.5 Å². The van der Waals surface area contributed by atoms with Crippen LogP contribution in [0.5, 0.6) is 5.75 Å². The Hall–Kier alpha value is -3.28. The highest BCUT2D eigenvalue weighted by Gasteiger charge is 2.52. The summed E-state index contributed by atoms with van der Waals surface area (Å²) in [6, 6.07) is 8.02. The molecule has 0 amide bonds. The predicted molar refractivity (Wildman–Crippen MR) is 159 cm³/mol. The molecule has 2 aromatic carbocycles. The molecule has 2 fully saturated rings. The highest BCUT2D eigenvalue weighted by Crippen LogP contribution is 2.62. The minimum Gasteiger partial charge on any atom is -0.506 e. The number of imidazole rings is 1. The molecule has 0 bridgehead atoms. The summed E-state index contributed by atoms with van der Waals surface area (Å²) in [7, 11) is -11.5. The zero-order valence-corrected chi connectivity index (χ0v) is 26.4. The average Bonchev–Trinajstić information content (AvgIpc) is 3.73. The number of phosphoric ester groups is 2. The van der Waals surface area contributed by atoms with Crippen molar-refractivity contribution in [3.8, 4) is 5.75 Å². The second-order valence-electron chi connectivity index (χ2n) is 11.1. The molecule has 11 atom stereocenters. The Morgan fingerprint density at radius 1 is 0.918 bits per heavy atom. The van der Waals surface area contributed by atoms with Crippen molar-refractivity contribution in [2.24, 2.45) is 0 Å². The summed E-state index contributed by atoms with van der Waals surface area (Å²) >= 11 is 0. The number of aromatic hydroxyl groups is 1. The standard InChI is InChI=1S/C25H31FN6O15P2/c26-11-3-1-10(2-4-11)13-7-29-32(30-13)8-16-18(34)19(35)21(37)24(43-16)45-48(39,40)47-49(41,42)46-25-22(38)20(36)23(44-25)31-9-28-17-14(31)5-12(27)6-15(17)33/h1-7,9,16,18-25,29-30,33-38H,8,27H2,(H,39,40)(H,41,42)/t16-,18+,19+,20+,21-,22-,23+,24+,25+/m0/s1. The normalized spacial score (nSPS) is 33.1. The molecule has 49 heavy (non-hydrogen) atoms. The van der Waals surface area contributed by atoms with Crippen molar-refractivity contribution < 1.29 is 76.8 Å².